The summed E-state index contributed by atoms with van der Waals surface area (Å²) in [7, 11) is 1.56. The maximum atomic E-state index is 10.1. The summed E-state index contributed by atoms with van der Waals surface area (Å²) < 4.78 is 4.74. The summed E-state index contributed by atoms with van der Waals surface area (Å²) in [5, 5.41) is 10.1. The third-order valence-electron chi connectivity index (χ3n) is 1.05. The van der Waals surface area contributed by atoms with Crippen LogP contribution in [-0.4, -0.2) is 18.2 Å². The van der Waals surface area contributed by atoms with Crippen LogP contribution in [-0.2, 0) is 0 Å². The Morgan fingerprint density at radius 1 is 1.54 bits per heavy atom. The van der Waals surface area contributed by atoms with Gasteiger partial charge in [-0.2, -0.15) is 0 Å². The molecule has 0 amide bonds. The van der Waals surface area contributed by atoms with E-state index >= 15 is 0 Å². The molecule has 0 bridgehead atoms. The lowest BCUT2D eigenvalue weighted by Gasteiger charge is -1.81. The molecule has 0 aliphatic carbocycles. The Bertz CT molecular complexity index is 291. The minimum absolute atomic E-state index is 0.264. The number of rotatable bonds is 2. The molecule has 1 heterocycles. The molecule has 0 aromatic carbocycles. The molecular formula is C8H12N2O3. The summed E-state index contributed by atoms with van der Waals surface area (Å²) in [5.74, 6) is 0.124. The Morgan fingerprint density at radius 3 is 2.54 bits per heavy atom. The van der Waals surface area contributed by atoms with Crippen LogP contribution in [0.5, 0.6) is 0 Å². The minimum Gasteiger partial charge on any atom is -0.400 e. The van der Waals surface area contributed by atoms with Crippen molar-refractivity contribution in [3.63, 3.8) is 0 Å². The third-order valence-corrected chi connectivity index (χ3v) is 1.05. The van der Waals surface area contributed by atoms with Gasteiger partial charge >= 0.3 is 5.88 Å². The van der Waals surface area contributed by atoms with Gasteiger partial charge in [0.05, 0.1) is 12.3 Å². The van der Waals surface area contributed by atoms with Gasteiger partial charge in [0.25, 0.3) is 0 Å². The van der Waals surface area contributed by atoms with Crippen molar-refractivity contribution < 1.29 is 9.34 Å². The van der Waals surface area contributed by atoms with Crippen LogP contribution in [0.4, 0.5) is 5.88 Å². The molecule has 0 saturated heterocycles. The molecule has 0 fully saturated rings. The van der Waals surface area contributed by atoms with Crippen molar-refractivity contribution >= 4 is 12.1 Å². The van der Waals surface area contributed by atoms with Gasteiger partial charge in [-0.25, -0.2) is 0 Å². The van der Waals surface area contributed by atoms with Gasteiger partial charge in [-0.05, 0) is 6.07 Å². The van der Waals surface area contributed by atoms with Crippen LogP contribution in [0.3, 0.4) is 0 Å². The van der Waals surface area contributed by atoms with E-state index in [0.29, 0.717) is 5.76 Å². The molecule has 0 radical (unpaired) electrons. The molecule has 1 aromatic rings. The molecular weight excluding hydrogens is 172 g/mol. The van der Waals surface area contributed by atoms with Gasteiger partial charge in [0, 0.05) is 7.05 Å². The first-order valence-corrected chi connectivity index (χ1v) is 3.90. The summed E-state index contributed by atoms with van der Waals surface area (Å²) >= 11 is 0. The minimum atomic E-state index is -0.590. The van der Waals surface area contributed by atoms with Gasteiger partial charge in [0.1, 0.15) is 4.92 Å². The molecule has 0 spiro atoms. The van der Waals surface area contributed by atoms with E-state index in [9.17, 15) is 10.1 Å². The zero-order valence-electron chi connectivity index (χ0n) is 7.85. The summed E-state index contributed by atoms with van der Waals surface area (Å²) in [6.45, 7) is 4.00. The predicted octanol–water partition coefficient (Wildman–Crippen LogP) is 2.26. The summed E-state index contributed by atoms with van der Waals surface area (Å²) in [5.41, 5.74) is 0. The Kier molecular flexibility index (Phi) is 5.18. The first-order valence-electron chi connectivity index (χ1n) is 3.90. The van der Waals surface area contributed by atoms with Crippen LogP contribution in [0.1, 0.15) is 19.6 Å². The smallest absolute Gasteiger partial charge is 0.400 e. The zero-order chi connectivity index (χ0) is 10.3. The summed E-state index contributed by atoms with van der Waals surface area (Å²) in [6, 6.07) is 2.78. The van der Waals surface area contributed by atoms with Crippen molar-refractivity contribution in [2.45, 2.75) is 13.8 Å². The molecule has 0 atom stereocenters. The number of nitro groups is 1. The van der Waals surface area contributed by atoms with E-state index in [1.165, 1.54) is 18.3 Å². The van der Waals surface area contributed by atoms with Crippen molar-refractivity contribution in [2.75, 3.05) is 7.05 Å². The standard InChI is InChI=1S/C6H6N2O3.C2H6/c1-7-4-5-2-3-6(11-5)8(9)10;1-2/h2-4H,1H3;1-2H3. The highest BCUT2D eigenvalue weighted by Crippen LogP contribution is 2.13. The molecule has 1 aromatic heterocycles. The second-order valence-corrected chi connectivity index (χ2v) is 1.82. The highest BCUT2D eigenvalue weighted by molar-refractivity contribution is 5.76. The monoisotopic (exact) mass is 184 g/mol. The first-order chi connectivity index (χ1) is 6.24. The fourth-order valence-electron chi connectivity index (χ4n) is 0.637. The normalized spacial score (nSPS) is 9.46. The fraction of sp³-hybridized carbons (Fsp3) is 0.375. The van der Waals surface area contributed by atoms with E-state index in [0.717, 1.165) is 0 Å². The Hall–Kier alpha value is -1.65. The molecule has 5 nitrogen and oxygen atoms in total. The van der Waals surface area contributed by atoms with Crippen LogP contribution < -0.4 is 0 Å². The van der Waals surface area contributed by atoms with Crippen molar-refractivity contribution in [3.05, 3.63) is 28.0 Å². The molecule has 0 unspecified atom stereocenters. The van der Waals surface area contributed by atoms with Crippen molar-refractivity contribution in [2.24, 2.45) is 4.99 Å². The number of furan rings is 1. The Morgan fingerprint density at radius 2 is 2.15 bits per heavy atom. The quantitative estimate of drug-likeness (QED) is 0.402. The van der Waals surface area contributed by atoms with Crippen LogP contribution in [0.25, 0.3) is 0 Å². The van der Waals surface area contributed by atoms with E-state index in [4.69, 9.17) is 4.42 Å². The molecule has 5 heteroatoms. The molecule has 0 saturated carbocycles. The van der Waals surface area contributed by atoms with E-state index in [1.54, 1.807) is 7.05 Å². The lowest BCUT2D eigenvalue weighted by molar-refractivity contribution is -0.402. The van der Waals surface area contributed by atoms with Gasteiger partial charge in [-0.15, -0.1) is 0 Å². The van der Waals surface area contributed by atoms with E-state index < -0.39 is 4.92 Å². The number of hydrogen-bond acceptors (Lipinski definition) is 4. The number of hydrogen-bond donors (Lipinski definition) is 0. The van der Waals surface area contributed by atoms with Gasteiger partial charge < -0.3 is 4.42 Å². The molecule has 72 valence electrons. The van der Waals surface area contributed by atoms with Crippen molar-refractivity contribution in [1.29, 1.82) is 0 Å². The Balaban J connectivity index is 0.000000671. The molecule has 0 N–H and O–H groups in total. The molecule has 0 aliphatic heterocycles. The van der Waals surface area contributed by atoms with E-state index in [-0.39, 0.29) is 5.88 Å². The lowest BCUT2D eigenvalue weighted by atomic mass is 10.5. The maximum Gasteiger partial charge on any atom is 0.433 e. The molecule has 0 aliphatic rings. The average molecular weight is 184 g/mol. The highest BCUT2D eigenvalue weighted by atomic mass is 16.6. The van der Waals surface area contributed by atoms with E-state index in [2.05, 4.69) is 4.99 Å². The lowest BCUT2D eigenvalue weighted by Crippen LogP contribution is -1.83. The fourth-order valence-corrected chi connectivity index (χ4v) is 0.637. The SMILES string of the molecule is CC.CN=Cc1ccc([N+](=O)[O-])o1. The van der Waals surface area contributed by atoms with Gasteiger partial charge in [0.2, 0.25) is 0 Å². The van der Waals surface area contributed by atoms with Crippen LogP contribution in [0.2, 0.25) is 0 Å². The predicted molar refractivity (Wildman–Crippen MR) is 50.2 cm³/mol. The van der Waals surface area contributed by atoms with Gasteiger partial charge in [0.15, 0.2) is 5.76 Å². The first kappa shape index (κ1) is 11.4. The van der Waals surface area contributed by atoms with Gasteiger partial charge in [-0.3, -0.25) is 15.1 Å². The molecule has 1 rings (SSSR count). The highest BCUT2D eigenvalue weighted by Gasteiger charge is 2.09. The molecule has 13 heavy (non-hydrogen) atoms. The third kappa shape index (κ3) is 3.50. The second-order valence-electron chi connectivity index (χ2n) is 1.82. The van der Waals surface area contributed by atoms with Crippen molar-refractivity contribution in [1.82, 2.24) is 0 Å². The number of nitrogens with zero attached hydrogens (tertiary/aromatic N) is 2. The second kappa shape index (κ2) is 5.93. The van der Waals surface area contributed by atoms with Crippen LogP contribution in [0.15, 0.2) is 21.5 Å². The summed E-state index contributed by atoms with van der Waals surface area (Å²) in [6.07, 6.45) is 1.41. The Labute approximate surface area is 76.2 Å². The number of aliphatic imine (C=N–C) groups is 1. The average Bonchev–Trinajstić information content (AvgIpc) is 2.57. The van der Waals surface area contributed by atoms with Crippen LogP contribution >= 0.6 is 0 Å². The topological polar surface area (TPSA) is 68.6 Å². The van der Waals surface area contributed by atoms with Crippen LogP contribution in [0, 0.1) is 10.1 Å². The van der Waals surface area contributed by atoms with Gasteiger partial charge in [-0.1, -0.05) is 13.8 Å². The van der Waals surface area contributed by atoms with E-state index in [1.807, 2.05) is 13.8 Å². The van der Waals surface area contributed by atoms with Crippen molar-refractivity contribution in [3.8, 4) is 0 Å². The largest absolute Gasteiger partial charge is 0.433 e. The zero-order valence-corrected chi connectivity index (χ0v) is 7.85. The summed E-state index contributed by atoms with van der Waals surface area (Å²) in [4.78, 5) is 13.1. The maximum absolute atomic E-state index is 10.1.